The number of carbonyl (C=O) groups is 2. The lowest BCUT2D eigenvalue weighted by atomic mass is 10.2. The second-order valence-electron chi connectivity index (χ2n) is 5.56. The monoisotopic (exact) mass is 400 g/mol. The number of halogens is 2. The minimum Gasteiger partial charge on any atom is -0.478 e. The van der Waals surface area contributed by atoms with E-state index in [-0.39, 0.29) is 15.3 Å². The Labute approximate surface area is 152 Å². The van der Waals surface area contributed by atoms with Gasteiger partial charge in [-0.3, -0.25) is 9.59 Å². The van der Waals surface area contributed by atoms with Crippen LogP contribution in [0.3, 0.4) is 0 Å². The number of aromatic nitrogens is 2. The zero-order valence-corrected chi connectivity index (χ0v) is 14.7. The number of alkyl halides is 2. The van der Waals surface area contributed by atoms with Gasteiger partial charge in [-0.25, -0.2) is 17.8 Å². The molecule has 1 aromatic heterocycles. The van der Waals surface area contributed by atoms with Crippen LogP contribution in [0.5, 0.6) is 5.75 Å². The van der Waals surface area contributed by atoms with Gasteiger partial charge in [0.05, 0.1) is 10.6 Å². The number of ether oxygens (including phenoxy) is 1. The summed E-state index contributed by atoms with van der Waals surface area (Å²) >= 11 is 0. The number of nitrogens with zero attached hydrogens (tertiary/aromatic N) is 2. The molecule has 1 aliphatic rings. The molecule has 2 heterocycles. The van der Waals surface area contributed by atoms with Gasteiger partial charge in [0.25, 0.3) is 21.8 Å². The summed E-state index contributed by atoms with van der Waals surface area (Å²) in [6.45, 7) is -1.20. The van der Waals surface area contributed by atoms with Gasteiger partial charge in [-0.15, -0.1) is 0 Å². The van der Waals surface area contributed by atoms with Crippen LogP contribution >= 0.6 is 0 Å². The van der Waals surface area contributed by atoms with Gasteiger partial charge >= 0.3 is 6.55 Å². The first-order chi connectivity index (χ1) is 12.7. The van der Waals surface area contributed by atoms with E-state index in [1.165, 1.54) is 12.1 Å². The van der Waals surface area contributed by atoms with Crippen molar-refractivity contribution in [1.29, 1.82) is 0 Å². The predicted octanol–water partition coefficient (Wildman–Crippen LogP) is 1.51. The Morgan fingerprint density at radius 2 is 2.15 bits per heavy atom. The van der Waals surface area contributed by atoms with Crippen molar-refractivity contribution in [3.05, 3.63) is 36.2 Å². The third-order valence-electron chi connectivity index (χ3n) is 3.72. The van der Waals surface area contributed by atoms with Gasteiger partial charge in [0.1, 0.15) is 5.75 Å². The first-order valence-corrected chi connectivity index (χ1v) is 9.21. The third-order valence-corrected chi connectivity index (χ3v) is 5.05. The molecule has 0 spiro atoms. The molecule has 2 N–H and O–H groups in total. The summed E-state index contributed by atoms with van der Waals surface area (Å²) in [7, 11) is -4.33. The Morgan fingerprint density at radius 3 is 2.78 bits per heavy atom. The first kappa shape index (κ1) is 18.8. The Morgan fingerprint density at radius 1 is 1.41 bits per heavy atom. The zero-order chi connectivity index (χ0) is 19.8. The lowest BCUT2D eigenvalue weighted by Crippen LogP contribution is -2.36. The first-order valence-electron chi connectivity index (χ1n) is 7.73. The number of benzene rings is 1. The highest BCUT2D eigenvalue weighted by Crippen LogP contribution is 2.32. The molecule has 1 aliphatic heterocycles. The summed E-state index contributed by atoms with van der Waals surface area (Å²) in [6.07, 6.45) is 0.610. The van der Waals surface area contributed by atoms with Crippen molar-refractivity contribution in [2.45, 2.75) is 30.9 Å². The van der Waals surface area contributed by atoms with Crippen molar-refractivity contribution in [1.82, 2.24) is 14.5 Å². The molecule has 0 fully saturated rings. The number of sulfonamides is 1. The lowest BCUT2D eigenvalue weighted by Gasteiger charge is -2.25. The topological polar surface area (TPSA) is 119 Å². The molecule has 12 heteroatoms. The quantitative estimate of drug-likeness (QED) is 0.785. The van der Waals surface area contributed by atoms with Crippen molar-refractivity contribution in [3.63, 3.8) is 0 Å². The number of nitrogens with one attached hydrogen (secondary N) is 2. The van der Waals surface area contributed by atoms with Crippen LogP contribution < -0.4 is 14.8 Å². The van der Waals surface area contributed by atoms with E-state index in [1.807, 2.05) is 0 Å². The van der Waals surface area contributed by atoms with Crippen molar-refractivity contribution in [3.8, 4) is 5.75 Å². The molecule has 1 atom stereocenters. The smallest absolute Gasteiger partial charge is 0.333 e. The summed E-state index contributed by atoms with van der Waals surface area (Å²) in [5.41, 5.74) is -0.346. The molecule has 9 nitrogen and oxygen atoms in total. The highest BCUT2D eigenvalue weighted by atomic mass is 32.2. The van der Waals surface area contributed by atoms with E-state index in [9.17, 15) is 26.8 Å². The molecule has 144 valence electrons. The molecule has 0 radical (unpaired) electrons. The highest BCUT2D eigenvalue weighted by Gasteiger charge is 2.28. The fourth-order valence-corrected chi connectivity index (χ4v) is 3.35. The average Bonchev–Trinajstić information content (AvgIpc) is 3.11. The number of amides is 2. The normalized spacial score (nSPS) is 16.4. The molecule has 0 aliphatic carbocycles. The Balaban J connectivity index is 1.82. The molecule has 1 unspecified atom stereocenters. The van der Waals surface area contributed by atoms with Crippen LogP contribution in [0, 0.1) is 0 Å². The lowest BCUT2D eigenvalue weighted by molar-refractivity contribution is -0.123. The molecule has 0 saturated carbocycles. The number of carbonyl (C=O) groups excluding carboxylic acids is 2. The summed E-state index contributed by atoms with van der Waals surface area (Å²) < 4.78 is 57.2. The van der Waals surface area contributed by atoms with E-state index in [2.05, 4.69) is 10.4 Å². The summed E-state index contributed by atoms with van der Waals surface area (Å²) in [5.74, 6) is -1.29. The van der Waals surface area contributed by atoms with Gasteiger partial charge in [-0.1, -0.05) is 6.92 Å². The Bertz CT molecular complexity index is 1010. The minimum atomic E-state index is -4.33. The van der Waals surface area contributed by atoms with Crippen molar-refractivity contribution >= 4 is 27.5 Å². The molecule has 27 heavy (non-hydrogen) atoms. The van der Waals surface area contributed by atoms with Crippen LogP contribution in [-0.2, 0) is 14.8 Å². The van der Waals surface area contributed by atoms with E-state index >= 15 is 0 Å². The zero-order valence-electron chi connectivity index (χ0n) is 13.8. The molecule has 0 saturated heterocycles. The predicted molar refractivity (Wildman–Crippen MR) is 87.9 cm³/mol. The highest BCUT2D eigenvalue weighted by molar-refractivity contribution is 7.90. The molecule has 1 aromatic carbocycles. The Kier molecular flexibility index (Phi) is 4.83. The van der Waals surface area contributed by atoms with Crippen LogP contribution in [0.1, 0.15) is 30.4 Å². The van der Waals surface area contributed by atoms with Gasteiger partial charge in [0.2, 0.25) is 0 Å². The second-order valence-corrected chi connectivity index (χ2v) is 7.24. The van der Waals surface area contributed by atoms with Gasteiger partial charge in [0.15, 0.2) is 11.8 Å². The van der Waals surface area contributed by atoms with E-state index in [0.29, 0.717) is 12.2 Å². The van der Waals surface area contributed by atoms with E-state index < -0.39 is 40.2 Å². The van der Waals surface area contributed by atoms with Crippen LogP contribution in [0.25, 0.3) is 0 Å². The number of hydrogen-bond donors (Lipinski definition) is 2. The van der Waals surface area contributed by atoms with Gasteiger partial charge in [0, 0.05) is 6.20 Å². The van der Waals surface area contributed by atoms with Crippen molar-refractivity contribution in [2.24, 2.45) is 0 Å². The van der Waals surface area contributed by atoms with Crippen LogP contribution in [-0.4, -0.2) is 36.1 Å². The fourth-order valence-electron chi connectivity index (χ4n) is 2.37. The second kappa shape index (κ2) is 6.95. The molecule has 2 aromatic rings. The minimum absolute atomic E-state index is 0.141. The van der Waals surface area contributed by atoms with E-state index in [0.717, 1.165) is 18.3 Å². The molecular formula is C15H14F2N4O5S. The maximum Gasteiger partial charge on any atom is 0.333 e. The van der Waals surface area contributed by atoms with Crippen LogP contribution in [0.4, 0.5) is 14.5 Å². The number of rotatable bonds is 5. The van der Waals surface area contributed by atoms with E-state index in [4.69, 9.17) is 4.74 Å². The SMILES string of the molecule is CCC1Oc2ccc(S(=O)(=O)NC(=O)c3ccn(C(F)F)n3)cc2NC1=O. The summed E-state index contributed by atoms with van der Waals surface area (Å²) in [6, 6.07) is 4.63. The number of fused-ring (bicyclic) bond motifs is 1. The molecule has 0 bridgehead atoms. The fraction of sp³-hybridized carbons (Fsp3) is 0.267. The average molecular weight is 400 g/mol. The van der Waals surface area contributed by atoms with Crippen LogP contribution in [0.2, 0.25) is 0 Å². The van der Waals surface area contributed by atoms with Gasteiger partial charge in [-0.05, 0) is 30.7 Å². The molecule has 3 rings (SSSR count). The third kappa shape index (κ3) is 3.74. The number of anilines is 1. The number of hydrogen-bond acceptors (Lipinski definition) is 6. The maximum atomic E-state index is 12.5. The molecular weight excluding hydrogens is 386 g/mol. The maximum absolute atomic E-state index is 12.5. The van der Waals surface area contributed by atoms with E-state index in [1.54, 1.807) is 11.6 Å². The van der Waals surface area contributed by atoms with Gasteiger partial charge < -0.3 is 10.1 Å². The largest absolute Gasteiger partial charge is 0.478 e. The van der Waals surface area contributed by atoms with Crippen molar-refractivity contribution < 1.29 is 31.5 Å². The summed E-state index contributed by atoms with van der Waals surface area (Å²) in [5, 5.41) is 5.83. The summed E-state index contributed by atoms with van der Waals surface area (Å²) in [4.78, 5) is 23.5. The standard InChI is InChI=1S/C15H14F2N4O5S/c1-2-11-14(23)18-10-7-8(3-4-12(10)26-11)27(24,25)20-13(22)9-5-6-21(19-9)15(16)17/h3-7,11,15H,2H2,1H3,(H,18,23)(H,20,22). The van der Waals surface area contributed by atoms with Crippen LogP contribution in [0.15, 0.2) is 35.4 Å². The Hall–Kier alpha value is -3.02. The molecule has 2 amide bonds. The van der Waals surface area contributed by atoms with Crippen molar-refractivity contribution in [2.75, 3.05) is 5.32 Å². The van der Waals surface area contributed by atoms with Gasteiger partial charge in [-0.2, -0.15) is 13.9 Å².